The zero-order valence-corrected chi connectivity index (χ0v) is 20.0. The number of amides is 1. The topological polar surface area (TPSA) is 110 Å². The number of rotatable bonds is 7. The number of benzene rings is 2. The van der Waals surface area contributed by atoms with Gasteiger partial charge in [-0.1, -0.05) is 29.8 Å². The van der Waals surface area contributed by atoms with Crippen LogP contribution in [0.15, 0.2) is 41.3 Å². The molecule has 1 amide bonds. The maximum Gasteiger partial charge on any atom is 0.324 e. The van der Waals surface area contributed by atoms with E-state index in [-0.39, 0.29) is 17.2 Å². The van der Waals surface area contributed by atoms with E-state index in [9.17, 15) is 22.8 Å². The van der Waals surface area contributed by atoms with Crippen LogP contribution in [0.5, 0.6) is 0 Å². The van der Waals surface area contributed by atoms with Crippen molar-refractivity contribution in [2.75, 3.05) is 18.5 Å². The van der Waals surface area contributed by atoms with Crippen molar-refractivity contribution in [3.8, 4) is 0 Å². The SMILES string of the molecule is CC(=O)c1ccccc1NC(=O)COC(=O)C1CCCN1S(=O)(=O)c1c(C)cc(C)cc1C. The molecular formula is C24H28N2O6S. The summed E-state index contributed by atoms with van der Waals surface area (Å²) < 4.78 is 33.1. The number of Topliss-reactive ketones (excluding diaryl/α,β-unsaturated/α-hetero) is 1. The molecule has 3 rings (SSSR count). The molecule has 1 heterocycles. The molecule has 1 atom stereocenters. The van der Waals surface area contributed by atoms with E-state index in [1.807, 2.05) is 6.92 Å². The molecule has 0 aromatic heterocycles. The number of ether oxygens (including phenoxy) is 1. The third-order valence-electron chi connectivity index (χ3n) is 5.57. The first-order valence-electron chi connectivity index (χ1n) is 10.7. The quantitative estimate of drug-likeness (QED) is 0.490. The van der Waals surface area contributed by atoms with Crippen molar-refractivity contribution in [1.82, 2.24) is 4.31 Å². The first-order valence-corrected chi connectivity index (χ1v) is 12.1. The third-order valence-corrected chi connectivity index (χ3v) is 7.79. The number of carbonyl (C=O) groups is 3. The highest BCUT2D eigenvalue weighted by Crippen LogP contribution is 2.31. The van der Waals surface area contributed by atoms with Crippen LogP contribution in [0.3, 0.4) is 0 Å². The maximum atomic E-state index is 13.4. The summed E-state index contributed by atoms with van der Waals surface area (Å²) in [7, 11) is -3.92. The summed E-state index contributed by atoms with van der Waals surface area (Å²) in [5.41, 5.74) is 2.86. The van der Waals surface area contributed by atoms with Gasteiger partial charge in [-0.25, -0.2) is 8.42 Å². The molecular weight excluding hydrogens is 444 g/mol. The molecule has 2 aromatic carbocycles. The minimum Gasteiger partial charge on any atom is -0.454 e. The smallest absolute Gasteiger partial charge is 0.324 e. The summed E-state index contributed by atoms with van der Waals surface area (Å²) in [6.45, 7) is 6.37. The molecule has 1 unspecified atom stereocenters. The van der Waals surface area contributed by atoms with Gasteiger partial charge in [0.15, 0.2) is 12.4 Å². The molecule has 2 aromatic rings. The number of nitrogens with zero attached hydrogens (tertiary/aromatic N) is 1. The first-order chi connectivity index (χ1) is 15.5. The predicted molar refractivity (Wildman–Crippen MR) is 124 cm³/mol. The minimum absolute atomic E-state index is 0.200. The van der Waals surface area contributed by atoms with Gasteiger partial charge in [0.05, 0.1) is 10.6 Å². The van der Waals surface area contributed by atoms with Gasteiger partial charge in [0, 0.05) is 12.1 Å². The Bertz CT molecular complexity index is 1180. The average molecular weight is 473 g/mol. The number of hydrogen-bond acceptors (Lipinski definition) is 6. The molecule has 176 valence electrons. The zero-order valence-electron chi connectivity index (χ0n) is 19.2. The largest absolute Gasteiger partial charge is 0.454 e. The first kappa shape index (κ1) is 24.6. The number of hydrogen-bond donors (Lipinski definition) is 1. The van der Waals surface area contributed by atoms with Crippen molar-refractivity contribution in [2.45, 2.75) is 51.5 Å². The van der Waals surface area contributed by atoms with Crippen LogP contribution < -0.4 is 5.32 Å². The lowest BCUT2D eigenvalue weighted by atomic mass is 10.1. The van der Waals surface area contributed by atoms with Crippen molar-refractivity contribution in [3.63, 3.8) is 0 Å². The highest BCUT2D eigenvalue weighted by molar-refractivity contribution is 7.89. The zero-order chi connectivity index (χ0) is 24.3. The fraction of sp³-hybridized carbons (Fsp3) is 0.375. The molecule has 0 saturated carbocycles. The minimum atomic E-state index is -3.92. The second-order valence-electron chi connectivity index (χ2n) is 8.26. The number of para-hydroxylation sites is 1. The molecule has 0 radical (unpaired) electrons. The van der Waals surface area contributed by atoms with E-state index in [4.69, 9.17) is 4.74 Å². The van der Waals surface area contributed by atoms with Crippen LogP contribution in [0, 0.1) is 20.8 Å². The van der Waals surface area contributed by atoms with Crippen LogP contribution in [0.1, 0.15) is 46.8 Å². The van der Waals surface area contributed by atoms with Gasteiger partial charge in [-0.05, 0) is 63.8 Å². The summed E-state index contributed by atoms with van der Waals surface area (Å²) in [4.78, 5) is 36.9. The molecule has 1 aliphatic heterocycles. The van der Waals surface area contributed by atoms with Gasteiger partial charge in [0.2, 0.25) is 10.0 Å². The number of aryl methyl sites for hydroxylation is 3. The van der Waals surface area contributed by atoms with Crippen LogP contribution in [0.2, 0.25) is 0 Å². The summed E-state index contributed by atoms with van der Waals surface area (Å²) >= 11 is 0. The van der Waals surface area contributed by atoms with E-state index in [2.05, 4.69) is 5.32 Å². The van der Waals surface area contributed by atoms with Gasteiger partial charge in [0.1, 0.15) is 6.04 Å². The normalized spacial score (nSPS) is 16.4. The van der Waals surface area contributed by atoms with E-state index in [1.54, 1.807) is 50.2 Å². The second-order valence-corrected chi connectivity index (χ2v) is 10.1. The highest BCUT2D eigenvalue weighted by Gasteiger charge is 2.41. The van der Waals surface area contributed by atoms with Gasteiger partial charge in [-0.2, -0.15) is 4.31 Å². The fourth-order valence-electron chi connectivity index (χ4n) is 4.27. The number of sulfonamides is 1. The molecule has 1 aliphatic rings. The Morgan fingerprint density at radius 3 is 2.36 bits per heavy atom. The van der Waals surface area contributed by atoms with Crippen LogP contribution in [-0.2, 0) is 24.3 Å². The number of carbonyl (C=O) groups excluding carboxylic acids is 3. The molecule has 33 heavy (non-hydrogen) atoms. The lowest BCUT2D eigenvalue weighted by molar-refractivity contribution is -0.150. The number of esters is 1. The van der Waals surface area contributed by atoms with E-state index >= 15 is 0 Å². The van der Waals surface area contributed by atoms with Crippen LogP contribution >= 0.6 is 0 Å². The lowest BCUT2D eigenvalue weighted by Crippen LogP contribution is -2.42. The summed E-state index contributed by atoms with van der Waals surface area (Å²) in [6.07, 6.45) is 0.831. The van der Waals surface area contributed by atoms with Crippen LogP contribution in [-0.4, -0.2) is 49.6 Å². The molecule has 8 nitrogen and oxygen atoms in total. The molecule has 0 spiro atoms. The Labute approximate surface area is 194 Å². The Morgan fingerprint density at radius 1 is 1.09 bits per heavy atom. The van der Waals surface area contributed by atoms with Crippen molar-refractivity contribution < 1.29 is 27.5 Å². The number of ketones is 1. The van der Waals surface area contributed by atoms with Crippen LogP contribution in [0.25, 0.3) is 0 Å². The Kier molecular flexibility index (Phi) is 7.34. The van der Waals surface area contributed by atoms with E-state index in [1.165, 1.54) is 11.2 Å². The second kappa shape index (κ2) is 9.84. The maximum absolute atomic E-state index is 13.4. The van der Waals surface area contributed by atoms with Gasteiger partial charge >= 0.3 is 5.97 Å². The van der Waals surface area contributed by atoms with Crippen molar-refractivity contribution in [2.24, 2.45) is 0 Å². The van der Waals surface area contributed by atoms with Gasteiger partial charge < -0.3 is 10.1 Å². The van der Waals surface area contributed by atoms with Gasteiger partial charge in [0.25, 0.3) is 5.91 Å². The highest BCUT2D eigenvalue weighted by atomic mass is 32.2. The molecule has 1 fully saturated rings. The molecule has 1 saturated heterocycles. The Hall–Kier alpha value is -3.04. The van der Waals surface area contributed by atoms with Crippen molar-refractivity contribution in [1.29, 1.82) is 0 Å². The average Bonchev–Trinajstić information content (AvgIpc) is 3.22. The Balaban J connectivity index is 1.70. The summed E-state index contributed by atoms with van der Waals surface area (Å²) in [6, 6.07) is 9.11. The lowest BCUT2D eigenvalue weighted by Gasteiger charge is -2.24. The Morgan fingerprint density at radius 2 is 1.73 bits per heavy atom. The van der Waals surface area contributed by atoms with Gasteiger partial charge in [-0.3, -0.25) is 14.4 Å². The third kappa shape index (κ3) is 5.31. The van der Waals surface area contributed by atoms with Crippen molar-refractivity contribution >= 4 is 33.4 Å². The van der Waals surface area contributed by atoms with Crippen molar-refractivity contribution in [3.05, 3.63) is 58.7 Å². The monoisotopic (exact) mass is 472 g/mol. The van der Waals surface area contributed by atoms with E-state index in [0.717, 1.165) is 5.56 Å². The van der Waals surface area contributed by atoms with E-state index in [0.29, 0.717) is 35.2 Å². The fourth-order valence-corrected chi connectivity index (χ4v) is 6.33. The molecule has 0 aliphatic carbocycles. The summed E-state index contributed by atoms with van der Waals surface area (Å²) in [5.74, 6) is -1.60. The van der Waals surface area contributed by atoms with Crippen LogP contribution in [0.4, 0.5) is 5.69 Å². The number of nitrogens with one attached hydrogen (secondary N) is 1. The van der Waals surface area contributed by atoms with Gasteiger partial charge in [-0.15, -0.1) is 0 Å². The predicted octanol–water partition coefficient (Wildman–Crippen LogP) is 3.15. The molecule has 1 N–H and O–H groups in total. The standard InChI is InChI=1S/C24H28N2O6S/c1-15-12-16(2)23(17(3)13-15)33(30,31)26-11-7-10-21(26)24(29)32-14-22(28)25-20-9-6-5-8-19(20)18(4)27/h5-6,8-9,12-13,21H,7,10-11,14H2,1-4H3,(H,25,28). The molecule has 0 bridgehead atoms. The molecule has 9 heteroatoms. The van der Waals surface area contributed by atoms with E-state index < -0.39 is 34.5 Å². The summed E-state index contributed by atoms with van der Waals surface area (Å²) in [5, 5.41) is 2.56. The number of anilines is 1.